The van der Waals surface area contributed by atoms with Crippen LogP contribution in [-0.4, -0.2) is 56.7 Å². The van der Waals surface area contributed by atoms with E-state index in [4.69, 9.17) is 10.5 Å². The molecule has 1 rings (SSSR count). The van der Waals surface area contributed by atoms with Gasteiger partial charge in [0.05, 0.1) is 19.3 Å². The number of likely N-dealkylation sites (N-methyl/N-ethyl adjacent to an activating group) is 1. The van der Waals surface area contributed by atoms with Gasteiger partial charge < -0.3 is 15.8 Å². The van der Waals surface area contributed by atoms with Crippen LogP contribution < -0.4 is 11.1 Å². The molecule has 1 unspecified atom stereocenters. The normalized spacial score (nSPS) is 21.9. The summed E-state index contributed by atoms with van der Waals surface area (Å²) in [7, 11) is 1.68. The summed E-state index contributed by atoms with van der Waals surface area (Å²) in [6, 6.07) is 0.0384. The molecule has 1 aliphatic heterocycles. The van der Waals surface area contributed by atoms with Gasteiger partial charge in [-0.15, -0.1) is 0 Å². The van der Waals surface area contributed by atoms with Gasteiger partial charge in [-0.25, -0.2) is 0 Å². The molecule has 0 aromatic heterocycles. The van der Waals surface area contributed by atoms with Gasteiger partial charge in [0.2, 0.25) is 5.91 Å². The Balaban J connectivity index is 2.24. The van der Waals surface area contributed by atoms with Crippen molar-refractivity contribution in [3.63, 3.8) is 0 Å². The molecule has 1 aliphatic rings. The zero-order valence-corrected chi connectivity index (χ0v) is 9.37. The molecule has 1 amide bonds. The summed E-state index contributed by atoms with van der Waals surface area (Å²) < 4.78 is 5.31. The van der Waals surface area contributed by atoms with Crippen LogP contribution in [0.4, 0.5) is 0 Å². The Hall–Kier alpha value is -0.650. The van der Waals surface area contributed by atoms with Gasteiger partial charge in [-0.05, 0) is 19.4 Å². The summed E-state index contributed by atoms with van der Waals surface area (Å²) in [5.74, 6) is 0.117. The molecule has 1 heterocycles. The van der Waals surface area contributed by atoms with E-state index >= 15 is 0 Å². The van der Waals surface area contributed by atoms with E-state index in [0.29, 0.717) is 19.8 Å². The molecule has 1 fully saturated rings. The average Bonchev–Trinajstić information content (AvgIpc) is 2.71. The first-order valence-corrected chi connectivity index (χ1v) is 5.53. The van der Waals surface area contributed by atoms with Crippen molar-refractivity contribution in [3.8, 4) is 0 Å². The Bertz CT molecular complexity index is 199. The Morgan fingerprint density at radius 2 is 2.40 bits per heavy atom. The highest BCUT2D eigenvalue weighted by atomic mass is 16.5. The number of hydrogen-bond donors (Lipinski definition) is 2. The Labute approximate surface area is 90.9 Å². The van der Waals surface area contributed by atoms with Gasteiger partial charge in [-0.2, -0.15) is 0 Å². The van der Waals surface area contributed by atoms with E-state index in [1.54, 1.807) is 7.05 Å². The summed E-state index contributed by atoms with van der Waals surface area (Å²) in [5, 5.41) is 2.70. The zero-order valence-electron chi connectivity index (χ0n) is 9.37. The monoisotopic (exact) mass is 215 g/mol. The molecule has 0 aliphatic carbocycles. The Morgan fingerprint density at radius 3 is 3.07 bits per heavy atom. The number of carbonyl (C=O) groups is 1. The second-order valence-electron chi connectivity index (χ2n) is 3.71. The lowest BCUT2D eigenvalue weighted by atomic mass is 10.2. The number of nitrogens with two attached hydrogens (primary N) is 1. The molecule has 0 bridgehead atoms. The van der Waals surface area contributed by atoms with Crippen molar-refractivity contribution in [1.82, 2.24) is 10.2 Å². The lowest BCUT2D eigenvalue weighted by molar-refractivity contribution is -0.125. The van der Waals surface area contributed by atoms with Gasteiger partial charge in [-0.1, -0.05) is 0 Å². The number of amides is 1. The number of hydrogen-bond acceptors (Lipinski definition) is 4. The van der Waals surface area contributed by atoms with E-state index in [2.05, 4.69) is 10.2 Å². The topological polar surface area (TPSA) is 67.6 Å². The maximum Gasteiger partial charge on any atom is 0.237 e. The zero-order chi connectivity index (χ0) is 11.1. The van der Waals surface area contributed by atoms with Crippen molar-refractivity contribution in [3.05, 3.63) is 0 Å². The Morgan fingerprint density at radius 1 is 1.60 bits per heavy atom. The molecule has 3 N–H and O–H groups in total. The average molecular weight is 215 g/mol. The maximum absolute atomic E-state index is 11.5. The molecule has 0 spiro atoms. The van der Waals surface area contributed by atoms with Crippen LogP contribution in [0.1, 0.15) is 12.8 Å². The van der Waals surface area contributed by atoms with Crippen LogP contribution in [0.3, 0.4) is 0 Å². The number of carbonyl (C=O) groups excluding carboxylic acids is 1. The standard InChI is InChI=1S/C10H21N3O2/c1-12-10(14)9-3-2-5-13(9)6-8-15-7-4-11/h9H,2-8,11H2,1H3,(H,12,14). The van der Waals surface area contributed by atoms with Gasteiger partial charge in [0.25, 0.3) is 0 Å². The van der Waals surface area contributed by atoms with Gasteiger partial charge in [0.1, 0.15) is 0 Å². The minimum Gasteiger partial charge on any atom is -0.379 e. The van der Waals surface area contributed by atoms with Crippen molar-refractivity contribution in [1.29, 1.82) is 0 Å². The predicted octanol–water partition coefficient (Wildman–Crippen LogP) is -0.828. The first-order chi connectivity index (χ1) is 7.29. The smallest absolute Gasteiger partial charge is 0.237 e. The minimum absolute atomic E-state index is 0.0384. The molecule has 5 heteroatoms. The molecule has 5 nitrogen and oxygen atoms in total. The fraction of sp³-hybridized carbons (Fsp3) is 0.900. The van der Waals surface area contributed by atoms with Gasteiger partial charge in [-0.3, -0.25) is 9.69 Å². The lowest BCUT2D eigenvalue weighted by Crippen LogP contribution is -2.43. The molecule has 1 saturated heterocycles. The van der Waals surface area contributed by atoms with Gasteiger partial charge >= 0.3 is 0 Å². The first kappa shape index (κ1) is 12.4. The number of nitrogens with one attached hydrogen (secondary N) is 1. The molecule has 88 valence electrons. The third kappa shape index (κ3) is 3.77. The molecule has 0 radical (unpaired) electrons. The summed E-state index contributed by atoms with van der Waals surface area (Å²) >= 11 is 0. The van der Waals surface area contributed by atoms with E-state index in [1.807, 2.05) is 0 Å². The van der Waals surface area contributed by atoms with Crippen molar-refractivity contribution in [2.24, 2.45) is 5.73 Å². The van der Waals surface area contributed by atoms with Crippen LogP contribution in [0.5, 0.6) is 0 Å². The van der Waals surface area contributed by atoms with Crippen LogP contribution in [0.2, 0.25) is 0 Å². The highest BCUT2D eigenvalue weighted by Crippen LogP contribution is 2.16. The molecular formula is C10H21N3O2. The fourth-order valence-corrected chi connectivity index (χ4v) is 1.92. The quantitative estimate of drug-likeness (QED) is 0.568. The van der Waals surface area contributed by atoms with Crippen LogP contribution in [0.15, 0.2) is 0 Å². The second-order valence-corrected chi connectivity index (χ2v) is 3.71. The summed E-state index contributed by atoms with van der Waals surface area (Å²) in [6.45, 7) is 3.62. The highest BCUT2D eigenvalue weighted by Gasteiger charge is 2.29. The van der Waals surface area contributed by atoms with Crippen molar-refractivity contribution < 1.29 is 9.53 Å². The van der Waals surface area contributed by atoms with Crippen LogP contribution in [-0.2, 0) is 9.53 Å². The molecule has 0 aromatic carbocycles. The number of nitrogens with zero attached hydrogens (tertiary/aromatic N) is 1. The van der Waals surface area contributed by atoms with Crippen LogP contribution >= 0.6 is 0 Å². The van der Waals surface area contributed by atoms with Gasteiger partial charge in [0.15, 0.2) is 0 Å². The van der Waals surface area contributed by atoms with E-state index in [0.717, 1.165) is 25.9 Å². The Kier molecular flexibility index (Phi) is 5.60. The molecule has 0 aromatic rings. The fourth-order valence-electron chi connectivity index (χ4n) is 1.92. The van der Waals surface area contributed by atoms with E-state index in [-0.39, 0.29) is 11.9 Å². The minimum atomic E-state index is 0.0384. The van der Waals surface area contributed by atoms with E-state index in [1.165, 1.54) is 0 Å². The SMILES string of the molecule is CNC(=O)C1CCCN1CCOCCN. The molecular weight excluding hydrogens is 194 g/mol. The lowest BCUT2D eigenvalue weighted by Gasteiger charge is -2.22. The van der Waals surface area contributed by atoms with Crippen LogP contribution in [0.25, 0.3) is 0 Å². The largest absolute Gasteiger partial charge is 0.379 e. The molecule has 0 saturated carbocycles. The van der Waals surface area contributed by atoms with Crippen molar-refractivity contribution >= 4 is 5.91 Å². The highest BCUT2D eigenvalue weighted by molar-refractivity contribution is 5.81. The van der Waals surface area contributed by atoms with Crippen molar-refractivity contribution in [2.45, 2.75) is 18.9 Å². The van der Waals surface area contributed by atoms with Crippen LogP contribution in [0, 0.1) is 0 Å². The van der Waals surface area contributed by atoms with E-state index in [9.17, 15) is 4.79 Å². The molecule has 15 heavy (non-hydrogen) atoms. The molecule has 1 atom stereocenters. The first-order valence-electron chi connectivity index (χ1n) is 5.53. The van der Waals surface area contributed by atoms with Gasteiger partial charge in [0, 0.05) is 20.1 Å². The van der Waals surface area contributed by atoms with E-state index < -0.39 is 0 Å². The number of ether oxygens (including phenoxy) is 1. The summed E-state index contributed by atoms with van der Waals surface area (Å²) in [5.41, 5.74) is 5.32. The number of rotatable bonds is 6. The third-order valence-electron chi connectivity index (χ3n) is 2.70. The third-order valence-corrected chi connectivity index (χ3v) is 2.70. The second kappa shape index (κ2) is 6.76. The maximum atomic E-state index is 11.5. The predicted molar refractivity (Wildman–Crippen MR) is 58.5 cm³/mol. The van der Waals surface area contributed by atoms with Crippen molar-refractivity contribution in [2.75, 3.05) is 39.9 Å². The number of likely N-dealkylation sites (tertiary alicyclic amines) is 1. The summed E-state index contributed by atoms with van der Waals surface area (Å²) in [6.07, 6.45) is 2.05. The summed E-state index contributed by atoms with van der Waals surface area (Å²) in [4.78, 5) is 13.7.